The SMILES string of the molecule is Cc1ccc(N)c(NC2(C)CCOC2C)n1. The standard InChI is InChI=1S/C12H19N3O/c1-8-4-5-10(13)11(14-8)15-12(3)6-7-16-9(12)2/h4-5,9H,6-7,13H2,1-3H3,(H,14,15). The number of nitrogens with zero attached hydrogens (tertiary/aromatic N) is 1. The van der Waals surface area contributed by atoms with Crippen LogP contribution in [0.3, 0.4) is 0 Å². The molecule has 0 bridgehead atoms. The summed E-state index contributed by atoms with van der Waals surface area (Å²) < 4.78 is 5.58. The topological polar surface area (TPSA) is 60.2 Å². The number of aryl methyl sites for hydroxylation is 1. The molecule has 0 saturated carbocycles. The Morgan fingerprint density at radius 1 is 1.56 bits per heavy atom. The molecule has 1 fully saturated rings. The normalized spacial score (nSPS) is 29.3. The van der Waals surface area contributed by atoms with Gasteiger partial charge in [-0.3, -0.25) is 0 Å². The molecule has 2 atom stereocenters. The molecule has 4 nitrogen and oxygen atoms in total. The molecule has 0 spiro atoms. The van der Waals surface area contributed by atoms with Crippen LogP contribution in [0.15, 0.2) is 12.1 Å². The average Bonchev–Trinajstić information content (AvgIpc) is 2.53. The molecule has 0 radical (unpaired) electrons. The van der Waals surface area contributed by atoms with Crippen molar-refractivity contribution in [2.45, 2.75) is 38.8 Å². The second-order valence-corrected chi connectivity index (χ2v) is 4.70. The van der Waals surface area contributed by atoms with Gasteiger partial charge in [0.2, 0.25) is 0 Å². The Bertz CT molecular complexity index is 394. The zero-order valence-corrected chi connectivity index (χ0v) is 10.1. The van der Waals surface area contributed by atoms with E-state index in [9.17, 15) is 0 Å². The van der Waals surface area contributed by atoms with Crippen LogP contribution >= 0.6 is 0 Å². The summed E-state index contributed by atoms with van der Waals surface area (Å²) in [7, 11) is 0. The summed E-state index contributed by atoms with van der Waals surface area (Å²) in [6, 6.07) is 3.80. The first kappa shape index (κ1) is 11.2. The molecule has 2 rings (SSSR count). The van der Waals surface area contributed by atoms with E-state index in [1.54, 1.807) is 0 Å². The quantitative estimate of drug-likeness (QED) is 0.801. The maximum Gasteiger partial charge on any atom is 0.149 e. The molecule has 4 heteroatoms. The lowest BCUT2D eigenvalue weighted by Gasteiger charge is -2.30. The van der Waals surface area contributed by atoms with E-state index in [1.807, 2.05) is 19.1 Å². The minimum Gasteiger partial charge on any atom is -0.396 e. The number of nitrogens with one attached hydrogen (secondary N) is 1. The van der Waals surface area contributed by atoms with Gasteiger partial charge in [0, 0.05) is 12.3 Å². The van der Waals surface area contributed by atoms with Gasteiger partial charge in [0.15, 0.2) is 0 Å². The zero-order chi connectivity index (χ0) is 11.8. The van der Waals surface area contributed by atoms with E-state index in [0.717, 1.165) is 24.5 Å². The summed E-state index contributed by atoms with van der Waals surface area (Å²) in [6.07, 6.45) is 1.15. The molecule has 1 aromatic heterocycles. The third-order valence-electron chi connectivity index (χ3n) is 3.36. The van der Waals surface area contributed by atoms with Crippen LogP contribution in [-0.2, 0) is 4.74 Å². The van der Waals surface area contributed by atoms with Crippen LogP contribution in [0, 0.1) is 6.92 Å². The molecule has 1 aliphatic rings. The number of ether oxygens (including phenoxy) is 1. The van der Waals surface area contributed by atoms with Gasteiger partial charge in [0.1, 0.15) is 5.82 Å². The molecule has 1 aliphatic heterocycles. The van der Waals surface area contributed by atoms with Crippen molar-refractivity contribution < 1.29 is 4.74 Å². The van der Waals surface area contributed by atoms with Crippen LogP contribution in [0.2, 0.25) is 0 Å². The van der Waals surface area contributed by atoms with Gasteiger partial charge in [-0.2, -0.15) is 0 Å². The number of pyridine rings is 1. The van der Waals surface area contributed by atoms with Gasteiger partial charge in [-0.05, 0) is 39.3 Å². The lowest BCUT2D eigenvalue weighted by atomic mass is 9.94. The molecule has 0 aromatic carbocycles. The van der Waals surface area contributed by atoms with E-state index in [-0.39, 0.29) is 11.6 Å². The highest BCUT2D eigenvalue weighted by Crippen LogP contribution is 2.30. The van der Waals surface area contributed by atoms with Crippen LogP contribution in [0.5, 0.6) is 0 Å². The average molecular weight is 221 g/mol. The van der Waals surface area contributed by atoms with Gasteiger partial charge in [-0.15, -0.1) is 0 Å². The predicted molar refractivity (Wildman–Crippen MR) is 65.4 cm³/mol. The summed E-state index contributed by atoms with van der Waals surface area (Å²) in [5.41, 5.74) is 7.48. The first-order chi connectivity index (χ1) is 7.51. The number of hydrogen-bond acceptors (Lipinski definition) is 4. The van der Waals surface area contributed by atoms with Crippen molar-refractivity contribution in [3.63, 3.8) is 0 Å². The van der Waals surface area contributed by atoms with Crippen LogP contribution in [0.1, 0.15) is 26.0 Å². The summed E-state index contributed by atoms with van der Waals surface area (Å²) in [6.45, 7) is 6.97. The van der Waals surface area contributed by atoms with Crippen molar-refractivity contribution in [1.29, 1.82) is 0 Å². The number of nitrogen functional groups attached to an aromatic ring is 1. The van der Waals surface area contributed by atoms with Gasteiger partial charge < -0.3 is 15.8 Å². The lowest BCUT2D eigenvalue weighted by Crippen LogP contribution is -2.41. The van der Waals surface area contributed by atoms with Crippen LogP contribution in [0.4, 0.5) is 11.5 Å². The third-order valence-corrected chi connectivity index (χ3v) is 3.36. The zero-order valence-electron chi connectivity index (χ0n) is 10.1. The molecule has 3 N–H and O–H groups in total. The molecule has 2 unspecified atom stereocenters. The van der Waals surface area contributed by atoms with E-state index in [0.29, 0.717) is 5.69 Å². The van der Waals surface area contributed by atoms with E-state index in [1.165, 1.54) is 0 Å². The Morgan fingerprint density at radius 2 is 2.31 bits per heavy atom. The molecule has 1 saturated heterocycles. The molecule has 2 heterocycles. The van der Waals surface area contributed by atoms with Crippen molar-refractivity contribution in [2.24, 2.45) is 0 Å². The van der Waals surface area contributed by atoms with Crippen LogP contribution in [-0.4, -0.2) is 23.2 Å². The van der Waals surface area contributed by atoms with Crippen molar-refractivity contribution in [3.05, 3.63) is 17.8 Å². The maximum absolute atomic E-state index is 5.91. The van der Waals surface area contributed by atoms with Gasteiger partial charge in [-0.25, -0.2) is 4.98 Å². The fraction of sp³-hybridized carbons (Fsp3) is 0.583. The molecular weight excluding hydrogens is 202 g/mol. The van der Waals surface area contributed by atoms with Gasteiger partial charge in [0.05, 0.1) is 17.3 Å². The summed E-state index contributed by atoms with van der Waals surface area (Å²) in [5.74, 6) is 0.764. The number of rotatable bonds is 2. The highest BCUT2D eigenvalue weighted by Gasteiger charge is 2.37. The Hall–Kier alpha value is -1.29. The number of aromatic nitrogens is 1. The Kier molecular flexibility index (Phi) is 2.76. The molecule has 0 aliphatic carbocycles. The van der Waals surface area contributed by atoms with Crippen LogP contribution in [0.25, 0.3) is 0 Å². The molecule has 1 aromatic rings. The van der Waals surface area contributed by atoms with E-state index < -0.39 is 0 Å². The smallest absolute Gasteiger partial charge is 0.149 e. The first-order valence-corrected chi connectivity index (χ1v) is 5.64. The van der Waals surface area contributed by atoms with Crippen molar-refractivity contribution in [2.75, 3.05) is 17.7 Å². The highest BCUT2D eigenvalue weighted by atomic mass is 16.5. The van der Waals surface area contributed by atoms with E-state index >= 15 is 0 Å². The van der Waals surface area contributed by atoms with Crippen molar-refractivity contribution in [1.82, 2.24) is 4.98 Å². The molecule has 0 amide bonds. The van der Waals surface area contributed by atoms with E-state index in [2.05, 4.69) is 24.1 Å². The Labute approximate surface area is 96.2 Å². The third kappa shape index (κ3) is 1.97. The molecule has 16 heavy (non-hydrogen) atoms. The summed E-state index contributed by atoms with van der Waals surface area (Å²) in [5, 5.41) is 3.42. The van der Waals surface area contributed by atoms with Crippen molar-refractivity contribution in [3.8, 4) is 0 Å². The second-order valence-electron chi connectivity index (χ2n) is 4.70. The largest absolute Gasteiger partial charge is 0.396 e. The second kappa shape index (κ2) is 3.94. The minimum absolute atomic E-state index is 0.0745. The number of hydrogen-bond donors (Lipinski definition) is 2. The Balaban J connectivity index is 2.23. The fourth-order valence-electron chi connectivity index (χ4n) is 1.94. The number of nitrogens with two attached hydrogens (primary N) is 1. The summed E-state index contributed by atoms with van der Waals surface area (Å²) in [4.78, 5) is 4.42. The van der Waals surface area contributed by atoms with Crippen LogP contribution < -0.4 is 11.1 Å². The lowest BCUT2D eigenvalue weighted by molar-refractivity contribution is 0.105. The van der Waals surface area contributed by atoms with Gasteiger partial charge in [-0.1, -0.05) is 0 Å². The minimum atomic E-state index is -0.0745. The van der Waals surface area contributed by atoms with E-state index in [4.69, 9.17) is 10.5 Å². The monoisotopic (exact) mass is 221 g/mol. The van der Waals surface area contributed by atoms with Gasteiger partial charge in [0.25, 0.3) is 0 Å². The van der Waals surface area contributed by atoms with Gasteiger partial charge >= 0.3 is 0 Å². The molecule has 88 valence electrons. The maximum atomic E-state index is 5.91. The predicted octanol–water partition coefficient (Wildman–Crippen LogP) is 1.95. The fourth-order valence-corrected chi connectivity index (χ4v) is 1.94. The first-order valence-electron chi connectivity index (χ1n) is 5.64. The number of anilines is 2. The highest BCUT2D eigenvalue weighted by molar-refractivity contribution is 5.62. The summed E-state index contributed by atoms with van der Waals surface area (Å²) >= 11 is 0. The molecular formula is C12H19N3O. The van der Waals surface area contributed by atoms with Crippen molar-refractivity contribution >= 4 is 11.5 Å². The Morgan fingerprint density at radius 3 is 2.94 bits per heavy atom.